The average Bonchev–Trinajstić information content (AvgIpc) is 3.68. The number of hydrogen-bond acceptors (Lipinski definition) is 11. The van der Waals surface area contributed by atoms with Crippen LogP contribution in [0.15, 0.2) is 52.1 Å². The Kier molecular flexibility index (Phi) is 9.89. The number of aromatic nitrogens is 3. The highest BCUT2D eigenvalue weighted by molar-refractivity contribution is 8.00. The highest BCUT2D eigenvalue weighted by atomic mass is 32.2. The van der Waals surface area contributed by atoms with E-state index >= 15 is 0 Å². The fourth-order valence-corrected chi connectivity index (χ4v) is 5.33. The Morgan fingerprint density at radius 2 is 1.91 bits per heavy atom. The Hall–Kier alpha value is -4.43. The lowest BCUT2D eigenvalue weighted by molar-refractivity contribution is -0.137. The van der Waals surface area contributed by atoms with E-state index in [1.165, 1.54) is 19.1 Å². The molecule has 0 unspecified atom stereocenters. The van der Waals surface area contributed by atoms with Crippen LogP contribution in [-0.2, 0) is 33.8 Å². The molecular formula is C29H34N6O7S. The minimum absolute atomic E-state index is 0.0535. The number of rotatable bonds is 12. The number of carbonyl (C=O) groups is 2. The van der Waals surface area contributed by atoms with Gasteiger partial charge in [0.1, 0.15) is 16.9 Å². The number of morpholine rings is 1. The molecule has 0 atom stereocenters. The van der Waals surface area contributed by atoms with Crippen LogP contribution in [0.4, 0.5) is 10.6 Å². The molecule has 1 aliphatic heterocycles. The van der Waals surface area contributed by atoms with Crippen LogP contribution in [0.1, 0.15) is 23.6 Å². The van der Waals surface area contributed by atoms with E-state index in [4.69, 9.17) is 18.7 Å². The Morgan fingerprint density at radius 1 is 1.07 bits per heavy atom. The lowest BCUT2D eigenvalue weighted by Crippen LogP contribution is -2.43. The zero-order chi connectivity index (χ0) is 30.2. The lowest BCUT2D eigenvalue weighted by atomic mass is 10.1. The Balaban J connectivity index is 1.28. The maximum absolute atomic E-state index is 12.6. The second kappa shape index (κ2) is 14.2. The number of fused-ring (bicyclic) bond motifs is 1. The van der Waals surface area contributed by atoms with E-state index in [0.717, 1.165) is 28.0 Å². The Bertz CT molecular complexity index is 1570. The summed E-state index contributed by atoms with van der Waals surface area (Å²) < 4.78 is 32.3. The fourth-order valence-electron chi connectivity index (χ4n) is 4.55. The molecule has 0 saturated carbocycles. The molecule has 1 fully saturated rings. The first-order valence-corrected chi connectivity index (χ1v) is 14.6. The minimum Gasteiger partial charge on any atom is -0.496 e. The van der Waals surface area contributed by atoms with E-state index in [0.29, 0.717) is 67.7 Å². The first-order valence-electron chi connectivity index (χ1n) is 13.8. The molecular weight excluding hydrogens is 576 g/mol. The molecule has 2 N–H and O–H groups in total. The van der Waals surface area contributed by atoms with Crippen molar-refractivity contribution in [3.63, 3.8) is 0 Å². The third-order valence-corrected chi connectivity index (χ3v) is 7.69. The zero-order valence-corrected chi connectivity index (χ0v) is 25.1. The monoisotopic (exact) mass is 610 g/mol. The molecule has 3 heterocycles. The summed E-state index contributed by atoms with van der Waals surface area (Å²) in [5.41, 5.74) is 3.41. The van der Waals surface area contributed by atoms with Gasteiger partial charge in [0.25, 0.3) is 5.91 Å². The van der Waals surface area contributed by atoms with E-state index in [1.54, 1.807) is 22.9 Å². The molecule has 5 rings (SSSR count). The maximum atomic E-state index is 12.6. The normalized spacial score (nSPS) is 13.1. The van der Waals surface area contributed by atoms with E-state index < -0.39 is 6.09 Å². The van der Waals surface area contributed by atoms with Gasteiger partial charge in [0, 0.05) is 31.4 Å². The number of ether oxygens (including phenoxy) is 4. The fraction of sp³-hybridized carbons (Fsp3) is 0.379. The third kappa shape index (κ3) is 7.51. The summed E-state index contributed by atoms with van der Waals surface area (Å²) in [6.45, 7) is 5.01. The molecule has 43 heavy (non-hydrogen) atoms. The van der Waals surface area contributed by atoms with Gasteiger partial charge in [0.05, 0.1) is 45.1 Å². The molecule has 0 aliphatic carbocycles. The zero-order valence-electron chi connectivity index (χ0n) is 24.3. The van der Waals surface area contributed by atoms with Crippen LogP contribution >= 0.6 is 11.9 Å². The minimum atomic E-state index is -0.503. The van der Waals surface area contributed by atoms with Gasteiger partial charge in [-0.1, -0.05) is 18.1 Å². The van der Waals surface area contributed by atoms with Gasteiger partial charge < -0.3 is 38.4 Å². The van der Waals surface area contributed by atoms with Crippen molar-refractivity contribution in [1.29, 1.82) is 0 Å². The van der Waals surface area contributed by atoms with Crippen LogP contribution in [0.2, 0.25) is 0 Å². The molecule has 13 nitrogen and oxygen atoms in total. The number of benzene rings is 2. The molecule has 0 radical (unpaired) electrons. The predicted molar refractivity (Wildman–Crippen MR) is 159 cm³/mol. The largest absolute Gasteiger partial charge is 0.496 e. The lowest BCUT2D eigenvalue weighted by Gasteiger charge is -2.26. The Labute approximate surface area is 252 Å². The molecule has 1 saturated heterocycles. The van der Waals surface area contributed by atoms with Crippen LogP contribution in [0, 0.1) is 0 Å². The van der Waals surface area contributed by atoms with E-state index in [9.17, 15) is 9.59 Å². The summed E-state index contributed by atoms with van der Waals surface area (Å²) in [6, 6.07) is 9.70. The highest BCUT2D eigenvalue weighted by Crippen LogP contribution is 2.38. The molecule has 2 aromatic carbocycles. The summed E-state index contributed by atoms with van der Waals surface area (Å²) in [5, 5.41) is 12.0. The molecule has 0 spiro atoms. The van der Waals surface area contributed by atoms with Gasteiger partial charge in [-0.05, 0) is 53.8 Å². The van der Waals surface area contributed by atoms with Gasteiger partial charge in [-0.3, -0.25) is 9.48 Å². The number of alkyl carbamates (subject to hydrolysis) is 1. The summed E-state index contributed by atoms with van der Waals surface area (Å²) in [5.74, 6) is 1.61. The van der Waals surface area contributed by atoms with Crippen molar-refractivity contribution in [3.8, 4) is 11.5 Å². The van der Waals surface area contributed by atoms with Gasteiger partial charge in [0.2, 0.25) is 0 Å². The number of hydrogen-bond donors (Lipinski definition) is 2. The summed E-state index contributed by atoms with van der Waals surface area (Å²) in [4.78, 5) is 26.5. The number of aryl methyl sites for hydroxylation is 1. The summed E-state index contributed by atoms with van der Waals surface area (Å²) >= 11 is 1.32. The van der Waals surface area contributed by atoms with Crippen LogP contribution < -0.4 is 19.5 Å². The topological polar surface area (TPSA) is 142 Å². The number of amides is 2. The summed E-state index contributed by atoms with van der Waals surface area (Å²) in [7, 11) is 2.91. The second-order valence-corrected chi connectivity index (χ2v) is 10.6. The molecule has 14 heteroatoms. The second-order valence-electron chi connectivity index (χ2n) is 9.71. The van der Waals surface area contributed by atoms with Gasteiger partial charge in [-0.25, -0.2) is 4.79 Å². The van der Waals surface area contributed by atoms with Crippen molar-refractivity contribution >= 4 is 40.7 Å². The molecule has 0 bridgehead atoms. The number of carbonyl (C=O) groups excluding carboxylic acids is 2. The van der Waals surface area contributed by atoms with Crippen molar-refractivity contribution in [2.24, 2.45) is 0 Å². The van der Waals surface area contributed by atoms with Gasteiger partial charge >= 0.3 is 6.09 Å². The van der Waals surface area contributed by atoms with Crippen LogP contribution in [0.5, 0.6) is 11.5 Å². The van der Waals surface area contributed by atoms with Crippen molar-refractivity contribution < 1.29 is 33.1 Å². The van der Waals surface area contributed by atoms with Crippen LogP contribution in [0.3, 0.4) is 0 Å². The van der Waals surface area contributed by atoms with Crippen molar-refractivity contribution in [2.75, 3.05) is 51.9 Å². The van der Waals surface area contributed by atoms with Gasteiger partial charge in [0.15, 0.2) is 18.0 Å². The van der Waals surface area contributed by atoms with E-state index in [-0.39, 0.29) is 12.5 Å². The standard InChI is InChI=1S/C29H34N6O7S/c1-4-19-5-6-22(41-18-26(36)34-7-9-40-10-8-34)25(13-19)43-33-28-27-23(38-2)11-20(12-24(27)42-32-28)16-35-17-21(15-31-35)14-30-29(37)39-3/h5-6,11-13,15,17H,4,7-10,14,16,18H2,1-3H3,(H,30,37)(H,32,33). The van der Waals surface area contributed by atoms with Crippen LogP contribution in [0.25, 0.3) is 11.0 Å². The average molecular weight is 611 g/mol. The van der Waals surface area contributed by atoms with Crippen LogP contribution in [-0.4, -0.2) is 79.0 Å². The first kappa shape index (κ1) is 30.0. The number of nitrogens with one attached hydrogen (secondary N) is 2. The van der Waals surface area contributed by atoms with E-state index in [1.807, 2.05) is 36.5 Å². The maximum Gasteiger partial charge on any atom is 0.407 e. The number of anilines is 1. The number of nitrogens with zero attached hydrogens (tertiary/aromatic N) is 4. The Morgan fingerprint density at radius 3 is 2.67 bits per heavy atom. The predicted octanol–water partition coefficient (Wildman–Crippen LogP) is 3.86. The van der Waals surface area contributed by atoms with Crippen molar-refractivity contribution in [2.45, 2.75) is 31.3 Å². The molecule has 228 valence electrons. The molecule has 2 amide bonds. The third-order valence-electron chi connectivity index (χ3n) is 6.86. The molecule has 4 aromatic rings. The van der Waals surface area contributed by atoms with Gasteiger partial charge in [-0.15, -0.1) is 0 Å². The van der Waals surface area contributed by atoms with Crippen molar-refractivity contribution in [3.05, 3.63) is 59.4 Å². The highest BCUT2D eigenvalue weighted by Gasteiger charge is 2.20. The first-order chi connectivity index (χ1) is 21.0. The summed E-state index contributed by atoms with van der Waals surface area (Å²) in [6.07, 6.45) is 3.87. The molecule has 1 aliphatic rings. The SMILES string of the molecule is CCc1ccc(OCC(=O)N2CCOCC2)c(SNc2noc3cc(Cn4cc(CNC(=O)OC)cn4)cc(OC)c23)c1. The number of methoxy groups -OCH3 is 2. The van der Waals surface area contributed by atoms with E-state index in [2.05, 4.69) is 32.0 Å². The quantitative estimate of drug-likeness (QED) is 0.226. The molecule has 2 aromatic heterocycles. The van der Waals surface area contributed by atoms with Gasteiger partial charge in [-0.2, -0.15) is 5.10 Å². The smallest absolute Gasteiger partial charge is 0.407 e. The van der Waals surface area contributed by atoms with Crippen molar-refractivity contribution in [1.82, 2.24) is 25.2 Å².